The number of rotatable bonds is 1. The molecule has 0 bridgehead atoms. The predicted octanol–water partition coefficient (Wildman–Crippen LogP) is 2.35. The highest BCUT2D eigenvalue weighted by Gasteiger charge is 2.25. The van der Waals surface area contributed by atoms with Crippen LogP contribution < -0.4 is 5.32 Å². The van der Waals surface area contributed by atoms with Crippen molar-refractivity contribution in [1.29, 1.82) is 0 Å². The minimum absolute atomic E-state index is 0.0357. The molecule has 4 heteroatoms. The Morgan fingerprint density at radius 1 is 1.44 bits per heavy atom. The Bertz CT molecular complexity index is 437. The van der Waals surface area contributed by atoms with E-state index in [0.717, 1.165) is 16.1 Å². The van der Waals surface area contributed by atoms with Crippen molar-refractivity contribution in [3.63, 3.8) is 0 Å². The first kappa shape index (κ1) is 11.5. The molecule has 16 heavy (non-hydrogen) atoms. The van der Waals surface area contributed by atoms with Gasteiger partial charge in [0.05, 0.1) is 16.5 Å². The molecule has 3 nitrogen and oxygen atoms in total. The maximum absolute atomic E-state index is 11.5. The summed E-state index contributed by atoms with van der Waals surface area (Å²) in [5.41, 5.74) is 0.850. The molecule has 2 N–H and O–H groups in total. The zero-order chi connectivity index (χ0) is 11.9. The van der Waals surface area contributed by atoms with Crippen molar-refractivity contribution in [3.8, 4) is 0 Å². The predicted molar refractivity (Wildman–Crippen MR) is 65.6 cm³/mol. The fraction of sp³-hybridized carbons (Fsp3) is 0.417. The summed E-state index contributed by atoms with van der Waals surface area (Å²) < 4.78 is 0. The molecule has 0 radical (unpaired) electrons. The highest BCUT2D eigenvalue weighted by Crippen LogP contribution is 2.37. The molecule has 1 aromatic carbocycles. The molecule has 1 aliphatic heterocycles. The van der Waals surface area contributed by atoms with E-state index in [1.807, 2.05) is 25.1 Å². The first-order valence-corrected chi connectivity index (χ1v) is 6.10. The minimum Gasteiger partial charge on any atom is -0.386 e. The monoisotopic (exact) mass is 237 g/mol. The summed E-state index contributed by atoms with van der Waals surface area (Å²) in [6, 6.07) is 5.63. The first-order valence-electron chi connectivity index (χ1n) is 5.22. The van der Waals surface area contributed by atoms with Gasteiger partial charge < -0.3 is 10.4 Å². The lowest BCUT2D eigenvalue weighted by Gasteiger charge is -2.24. The van der Waals surface area contributed by atoms with Gasteiger partial charge in [-0.3, -0.25) is 4.79 Å². The van der Waals surface area contributed by atoms with Gasteiger partial charge in [-0.25, -0.2) is 0 Å². The smallest absolute Gasteiger partial charge is 0.237 e. The van der Waals surface area contributed by atoms with Gasteiger partial charge in [0.1, 0.15) is 0 Å². The molecule has 0 saturated heterocycles. The largest absolute Gasteiger partial charge is 0.386 e. The van der Waals surface area contributed by atoms with Crippen molar-refractivity contribution in [2.45, 2.75) is 36.5 Å². The van der Waals surface area contributed by atoms with Gasteiger partial charge in [-0.1, -0.05) is 6.07 Å². The zero-order valence-electron chi connectivity index (χ0n) is 9.57. The van der Waals surface area contributed by atoms with Crippen LogP contribution in [0.25, 0.3) is 0 Å². The molecule has 0 fully saturated rings. The van der Waals surface area contributed by atoms with E-state index >= 15 is 0 Å². The van der Waals surface area contributed by atoms with Crippen molar-refractivity contribution in [1.82, 2.24) is 0 Å². The second-order valence-corrected chi connectivity index (χ2v) is 5.90. The summed E-state index contributed by atoms with van der Waals surface area (Å²) in [6.45, 7) is 5.38. The second-order valence-electron chi connectivity index (χ2n) is 4.52. The van der Waals surface area contributed by atoms with Gasteiger partial charge in [0.25, 0.3) is 0 Å². The normalized spacial score (nSPS) is 20.2. The molecule has 1 atom stereocenters. The molecular formula is C12H15NO2S. The van der Waals surface area contributed by atoms with Crippen molar-refractivity contribution in [3.05, 3.63) is 23.8 Å². The Morgan fingerprint density at radius 3 is 2.75 bits per heavy atom. The van der Waals surface area contributed by atoms with E-state index in [2.05, 4.69) is 5.32 Å². The number of hydrogen-bond acceptors (Lipinski definition) is 3. The van der Waals surface area contributed by atoms with Crippen LogP contribution >= 0.6 is 11.8 Å². The number of hydrogen-bond donors (Lipinski definition) is 2. The SMILES string of the molecule is CC1Sc2cc(C(C)(C)O)ccc2NC1=O. The van der Waals surface area contributed by atoms with Crippen molar-refractivity contribution in [2.24, 2.45) is 0 Å². The lowest BCUT2D eigenvalue weighted by atomic mass is 9.98. The highest BCUT2D eigenvalue weighted by atomic mass is 32.2. The third-order valence-corrected chi connectivity index (χ3v) is 3.78. The van der Waals surface area contributed by atoms with Gasteiger partial charge in [0.15, 0.2) is 0 Å². The van der Waals surface area contributed by atoms with Crippen LogP contribution in [0.2, 0.25) is 0 Å². The Kier molecular flexibility index (Phi) is 2.72. The van der Waals surface area contributed by atoms with E-state index in [-0.39, 0.29) is 11.2 Å². The first-order chi connectivity index (χ1) is 7.38. The van der Waals surface area contributed by atoms with Crippen LogP contribution in [0.15, 0.2) is 23.1 Å². The molecule has 1 heterocycles. The van der Waals surface area contributed by atoms with E-state index in [9.17, 15) is 9.90 Å². The van der Waals surface area contributed by atoms with Crippen LogP contribution in [0.5, 0.6) is 0 Å². The number of benzene rings is 1. The second kappa shape index (κ2) is 3.79. The van der Waals surface area contributed by atoms with Crippen LogP contribution in [0.3, 0.4) is 0 Å². The highest BCUT2D eigenvalue weighted by molar-refractivity contribution is 8.00. The third-order valence-electron chi connectivity index (χ3n) is 2.62. The Hall–Kier alpha value is -1.00. The number of carbonyl (C=O) groups is 1. The molecule has 1 aliphatic rings. The van der Waals surface area contributed by atoms with Crippen LogP contribution in [-0.2, 0) is 10.4 Å². The van der Waals surface area contributed by atoms with Crippen LogP contribution in [0, 0.1) is 0 Å². The minimum atomic E-state index is -0.847. The quantitative estimate of drug-likeness (QED) is 0.788. The van der Waals surface area contributed by atoms with Crippen molar-refractivity contribution < 1.29 is 9.90 Å². The van der Waals surface area contributed by atoms with Crippen molar-refractivity contribution in [2.75, 3.05) is 5.32 Å². The van der Waals surface area contributed by atoms with Crippen molar-refractivity contribution >= 4 is 23.4 Å². The van der Waals surface area contributed by atoms with Crippen LogP contribution in [-0.4, -0.2) is 16.3 Å². The Morgan fingerprint density at radius 2 is 2.12 bits per heavy atom. The number of carbonyl (C=O) groups excluding carboxylic acids is 1. The number of nitrogens with one attached hydrogen (secondary N) is 1. The van der Waals surface area contributed by atoms with E-state index < -0.39 is 5.60 Å². The number of thioether (sulfide) groups is 1. The summed E-state index contributed by atoms with van der Waals surface area (Å²) in [4.78, 5) is 12.5. The summed E-state index contributed by atoms with van der Waals surface area (Å²) in [6.07, 6.45) is 0. The molecule has 2 rings (SSSR count). The van der Waals surface area contributed by atoms with Gasteiger partial charge in [0.2, 0.25) is 5.91 Å². The third kappa shape index (κ3) is 2.08. The summed E-state index contributed by atoms with van der Waals surface area (Å²) >= 11 is 1.53. The van der Waals surface area contributed by atoms with Gasteiger partial charge in [-0.15, -0.1) is 11.8 Å². The van der Waals surface area contributed by atoms with E-state index in [4.69, 9.17) is 0 Å². The van der Waals surface area contributed by atoms with E-state index in [1.54, 1.807) is 13.8 Å². The molecule has 0 saturated carbocycles. The standard InChI is InChI=1S/C12H15NO2S/c1-7-11(14)13-9-5-4-8(12(2,3)15)6-10(9)16-7/h4-7,15H,1-3H3,(H,13,14). The maximum atomic E-state index is 11.5. The maximum Gasteiger partial charge on any atom is 0.237 e. The van der Waals surface area contributed by atoms with Gasteiger partial charge in [0, 0.05) is 4.90 Å². The fourth-order valence-corrected chi connectivity index (χ4v) is 2.57. The fourth-order valence-electron chi connectivity index (χ4n) is 1.58. The number of aliphatic hydroxyl groups is 1. The van der Waals surface area contributed by atoms with Crippen LogP contribution in [0.4, 0.5) is 5.69 Å². The number of amides is 1. The molecule has 1 unspecified atom stereocenters. The molecule has 1 aromatic rings. The van der Waals surface area contributed by atoms with Crippen LogP contribution in [0.1, 0.15) is 26.3 Å². The molecule has 1 amide bonds. The van der Waals surface area contributed by atoms with Gasteiger partial charge in [-0.2, -0.15) is 0 Å². The topological polar surface area (TPSA) is 49.3 Å². The lowest BCUT2D eigenvalue weighted by molar-refractivity contribution is -0.115. The summed E-state index contributed by atoms with van der Waals surface area (Å²) in [7, 11) is 0. The number of anilines is 1. The molecular weight excluding hydrogens is 222 g/mol. The average Bonchev–Trinajstić information content (AvgIpc) is 2.17. The summed E-state index contributed by atoms with van der Waals surface area (Å²) in [5, 5.41) is 12.7. The molecule has 0 aliphatic carbocycles. The average molecular weight is 237 g/mol. The zero-order valence-corrected chi connectivity index (χ0v) is 10.4. The Balaban J connectivity index is 2.40. The molecule has 0 spiro atoms. The number of fused-ring (bicyclic) bond motifs is 1. The van der Waals surface area contributed by atoms with E-state index in [0.29, 0.717) is 0 Å². The Labute approximate surface area is 99.2 Å². The lowest BCUT2D eigenvalue weighted by Crippen LogP contribution is -2.27. The van der Waals surface area contributed by atoms with Gasteiger partial charge >= 0.3 is 0 Å². The molecule has 86 valence electrons. The van der Waals surface area contributed by atoms with Gasteiger partial charge in [-0.05, 0) is 38.5 Å². The molecule has 0 aromatic heterocycles. The van der Waals surface area contributed by atoms with E-state index in [1.165, 1.54) is 11.8 Å². The summed E-state index contributed by atoms with van der Waals surface area (Å²) in [5.74, 6) is 0.0357.